The van der Waals surface area contributed by atoms with Crippen molar-refractivity contribution in [2.75, 3.05) is 32.8 Å². The minimum atomic E-state index is -0.335. The van der Waals surface area contributed by atoms with Crippen molar-refractivity contribution in [3.05, 3.63) is 46.4 Å². The van der Waals surface area contributed by atoms with Crippen LogP contribution in [0.15, 0.2) is 35.7 Å². The Morgan fingerprint density at radius 3 is 2.74 bits per heavy atom. The highest BCUT2D eigenvalue weighted by Crippen LogP contribution is 2.33. The fourth-order valence-corrected chi connectivity index (χ4v) is 4.35. The normalized spacial score (nSPS) is 19.4. The van der Waals surface area contributed by atoms with Crippen LogP contribution in [0.4, 0.5) is 4.79 Å². The Morgan fingerprint density at radius 1 is 1.26 bits per heavy atom. The molecule has 0 saturated carbocycles. The van der Waals surface area contributed by atoms with E-state index in [1.807, 2.05) is 37.3 Å². The molecular weight excluding hydrogens is 362 g/mol. The fourth-order valence-electron chi connectivity index (χ4n) is 3.74. The van der Waals surface area contributed by atoms with Crippen molar-refractivity contribution < 1.29 is 14.3 Å². The van der Waals surface area contributed by atoms with Gasteiger partial charge in [0.25, 0.3) is 0 Å². The molecule has 144 valence electrons. The van der Waals surface area contributed by atoms with Gasteiger partial charge in [0, 0.05) is 37.9 Å². The Kier molecular flexibility index (Phi) is 5.31. The van der Waals surface area contributed by atoms with E-state index in [1.165, 1.54) is 0 Å². The number of aromatic nitrogens is 1. The second-order valence-electron chi connectivity index (χ2n) is 7.27. The number of carbonyl (C=O) groups is 1. The summed E-state index contributed by atoms with van der Waals surface area (Å²) in [6.45, 7) is 6.46. The first kappa shape index (κ1) is 18.3. The van der Waals surface area contributed by atoms with Crippen LogP contribution in [0.2, 0.25) is 0 Å². The van der Waals surface area contributed by atoms with E-state index in [0.717, 1.165) is 48.9 Å². The fraction of sp³-hybridized carbons (Fsp3) is 0.500. The zero-order valence-electron chi connectivity index (χ0n) is 15.6. The van der Waals surface area contributed by atoms with E-state index in [0.29, 0.717) is 19.7 Å². The zero-order chi connectivity index (χ0) is 18.7. The molecule has 1 spiro atoms. The molecule has 2 aromatic rings. The van der Waals surface area contributed by atoms with Gasteiger partial charge in [0.15, 0.2) is 0 Å². The van der Waals surface area contributed by atoms with Gasteiger partial charge in [0.1, 0.15) is 18.0 Å². The third-order valence-electron chi connectivity index (χ3n) is 5.23. The molecule has 0 unspecified atom stereocenters. The van der Waals surface area contributed by atoms with Crippen LogP contribution in [0, 0.1) is 6.92 Å². The molecule has 0 radical (unpaired) electrons. The summed E-state index contributed by atoms with van der Waals surface area (Å²) < 4.78 is 11.5. The van der Waals surface area contributed by atoms with E-state index < -0.39 is 0 Å². The first-order chi connectivity index (χ1) is 13.1. The van der Waals surface area contributed by atoms with Gasteiger partial charge in [0.2, 0.25) is 0 Å². The predicted octanol–water partition coefficient (Wildman–Crippen LogP) is 3.32. The first-order valence-electron chi connectivity index (χ1n) is 9.41. The van der Waals surface area contributed by atoms with Gasteiger partial charge < -0.3 is 14.4 Å². The molecule has 2 saturated heterocycles. The van der Waals surface area contributed by atoms with Gasteiger partial charge in [0.05, 0.1) is 23.8 Å². The number of carbonyl (C=O) groups excluding carboxylic acids is 1. The zero-order valence-corrected chi connectivity index (χ0v) is 16.4. The molecule has 7 heteroatoms. The van der Waals surface area contributed by atoms with Gasteiger partial charge in [-0.3, -0.25) is 4.90 Å². The Morgan fingerprint density at radius 2 is 2.04 bits per heavy atom. The van der Waals surface area contributed by atoms with Crippen LogP contribution in [-0.2, 0) is 11.3 Å². The lowest BCUT2D eigenvalue weighted by Gasteiger charge is -2.37. The second-order valence-corrected chi connectivity index (χ2v) is 8.33. The lowest BCUT2D eigenvalue weighted by atomic mass is 9.91. The smallest absolute Gasteiger partial charge is 0.410 e. The highest BCUT2D eigenvalue weighted by atomic mass is 32.1. The van der Waals surface area contributed by atoms with Crippen molar-refractivity contribution in [2.45, 2.75) is 31.9 Å². The maximum atomic E-state index is 12.3. The van der Waals surface area contributed by atoms with Gasteiger partial charge in [-0.25, -0.2) is 9.78 Å². The Bertz CT molecular complexity index is 772. The van der Waals surface area contributed by atoms with Crippen LogP contribution in [0.1, 0.15) is 23.5 Å². The van der Waals surface area contributed by atoms with E-state index in [4.69, 9.17) is 9.47 Å². The first-order valence-corrected chi connectivity index (χ1v) is 10.3. The molecule has 1 aromatic carbocycles. The average molecular weight is 388 g/mol. The van der Waals surface area contributed by atoms with E-state index in [2.05, 4.69) is 15.3 Å². The van der Waals surface area contributed by atoms with E-state index >= 15 is 0 Å². The molecule has 2 aliphatic heterocycles. The number of amides is 1. The summed E-state index contributed by atoms with van der Waals surface area (Å²) in [5.74, 6) is 0.824. The number of thiazole rings is 1. The monoisotopic (exact) mass is 387 g/mol. The van der Waals surface area contributed by atoms with Crippen LogP contribution >= 0.6 is 11.3 Å². The summed E-state index contributed by atoms with van der Waals surface area (Å²) in [5.41, 5.74) is 0.801. The van der Waals surface area contributed by atoms with E-state index in [9.17, 15) is 4.79 Å². The van der Waals surface area contributed by atoms with Crippen molar-refractivity contribution in [2.24, 2.45) is 0 Å². The molecule has 1 aromatic heterocycles. The van der Waals surface area contributed by atoms with Crippen LogP contribution in [0.3, 0.4) is 0 Å². The molecule has 0 bridgehead atoms. The number of nitrogens with zero attached hydrogens (tertiary/aromatic N) is 3. The molecule has 0 atom stereocenters. The van der Waals surface area contributed by atoms with E-state index in [1.54, 1.807) is 16.2 Å². The summed E-state index contributed by atoms with van der Waals surface area (Å²) in [4.78, 5) is 21.0. The number of likely N-dealkylation sites (tertiary alicyclic amines) is 1. The molecule has 2 fully saturated rings. The molecule has 27 heavy (non-hydrogen) atoms. The van der Waals surface area contributed by atoms with Crippen LogP contribution < -0.4 is 4.74 Å². The van der Waals surface area contributed by atoms with E-state index in [-0.39, 0.29) is 11.7 Å². The van der Waals surface area contributed by atoms with Gasteiger partial charge >= 0.3 is 6.09 Å². The molecule has 0 aliphatic carbocycles. The summed E-state index contributed by atoms with van der Waals surface area (Å²) in [6, 6.07) is 9.67. The van der Waals surface area contributed by atoms with Gasteiger partial charge in [-0.15, -0.1) is 11.3 Å². The molecule has 4 rings (SSSR count). The van der Waals surface area contributed by atoms with Crippen LogP contribution in [0.25, 0.3) is 0 Å². The Labute approximate surface area is 163 Å². The largest absolute Gasteiger partial charge is 0.492 e. The minimum Gasteiger partial charge on any atom is -0.492 e. The molecule has 2 aliphatic rings. The number of hydrogen-bond acceptors (Lipinski definition) is 6. The molecular formula is C20H25N3O3S. The molecule has 6 nitrogen and oxygen atoms in total. The van der Waals surface area contributed by atoms with Crippen LogP contribution in [-0.4, -0.2) is 59.3 Å². The number of benzene rings is 1. The summed E-state index contributed by atoms with van der Waals surface area (Å²) in [6.07, 6.45) is 1.53. The summed E-state index contributed by atoms with van der Waals surface area (Å²) >= 11 is 1.69. The van der Waals surface area contributed by atoms with Crippen molar-refractivity contribution in [3.63, 3.8) is 0 Å². The molecule has 0 N–H and O–H groups in total. The Balaban J connectivity index is 1.25. The summed E-state index contributed by atoms with van der Waals surface area (Å²) in [7, 11) is 0. The summed E-state index contributed by atoms with van der Waals surface area (Å²) in [5, 5.41) is 3.24. The number of piperidine rings is 1. The maximum Gasteiger partial charge on any atom is 0.410 e. The predicted molar refractivity (Wildman–Crippen MR) is 104 cm³/mol. The third-order valence-corrected chi connectivity index (χ3v) is 6.06. The van der Waals surface area contributed by atoms with Gasteiger partial charge in [-0.1, -0.05) is 18.2 Å². The van der Waals surface area contributed by atoms with Crippen molar-refractivity contribution >= 4 is 17.4 Å². The topological polar surface area (TPSA) is 54.9 Å². The number of para-hydroxylation sites is 1. The van der Waals surface area contributed by atoms with Gasteiger partial charge in [-0.2, -0.15) is 0 Å². The SMILES string of the molecule is Cc1nc(CN2CCC3(CC2)CN(CCOc2ccccc2)C(=O)O3)cs1. The minimum absolute atomic E-state index is 0.213. The second kappa shape index (κ2) is 7.86. The van der Waals surface area contributed by atoms with Crippen molar-refractivity contribution in [3.8, 4) is 5.75 Å². The molecule has 3 heterocycles. The quantitative estimate of drug-likeness (QED) is 0.761. The third kappa shape index (κ3) is 4.42. The van der Waals surface area contributed by atoms with Crippen molar-refractivity contribution in [1.29, 1.82) is 0 Å². The highest BCUT2D eigenvalue weighted by Gasteiger charge is 2.46. The maximum absolute atomic E-state index is 12.3. The Hall–Kier alpha value is -2.12. The number of ether oxygens (including phenoxy) is 2. The van der Waals surface area contributed by atoms with Gasteiger partial charge in [-0.05, 0) is 19.1 Å². The lowest BCUT2D eigenvalue weighted by molar-refractivity contribution is -0.00149. The number of rotatable bonds is 6. The highest BCUT2D eigenvalue weighted by molar-refractivity contribution is 7.09. The molecule has 1 amide bonds. The standard InChI is InChI=1S/C20H25N3O3S/c1-16-21-17(14-27-16)13-22-9-7-20(8-10-22)15-23(19(24)26-20)11-12-25-18-5-3-2-4-6-18/h2-6,14H,7-13,15H2,1H3. The van der Waals surface area contributed by atoms with Crippen molar-refractivity contribution in [1.82, 2.24) is 14.8 Å². The average Bonchev–Trinajstić information content (AvgIpc) is 3.21. The number of aryl methyl sites for hydroxylation is 1. The lowest BCUT2D eigenvalue weighted by Crippen LogP contribution is -2.46. The number of hydrogen-bond donors (Lipinski definition) is 0. The van der Waals surface area contributed by atoms with Crippen LogP contribution in [0.5, 0.6) is 5.75 Å².